The van der Waals surface area contributed by atoms with Gasteiger partial charge in [-0.1, -0.05) is 0 Å². The first-order valence-corrected chi connectivity index (χ1v) is 9.30. The Morgan fingerprint density at radius 2 is 1.60 bits per heavy atom. The molecule has 1 saturated heterocycles. The average Bonchev–Trinajstić information content (AvgIpc) is 2.73. The molecule has 1 fully saturated rings. The number of halogens is 3. The molecular weight excluding hydrogens is 397 g/mol. The van der Waals surface area contributed by atoms with E-state index < -0.39 is 17.8 Å². The van der Waals surface area contributed by atoms with E-state index in [0.29, 0.717) is 37.1 Å². The number of alkyl halides is 3. The van der Waals surface area contributed by atoms with E-state index in [1.54, 1.807) is 29.2 Å². The normalized spacial score (nSPS) is 14.7. The number of nitrogens with one attached hydrogen (secondary N) is 2. The van der Waals surface area contributed by atoms with Crippen molar-refractivity contribution >= 4 is 17.6 Å². The van der Waals surface area contributed by atoms with Gasteiger partial charge in [0.25, 0.3) is 5.91 Å². The summed E-state index contributed by atoms with van der Waals surface area (Å²) in [7, 11) is 0. The lowest BCUT2D eigenvalue weighted by Crippen LogP contribution is -2.47. The lowest BCUT2D eigenvalue weighted by atomic mass is 10.0. The molecule has 1 aliphatic heterocycles. The molecule has 0 saturated carbocycles. The summed E-state index contributed by atoms with van der Waals surface area (Å²) in [6.45, 7) is 0.925. The number of anilines is 1. The molecule has 0 aliphatic carbocycles. The van der Waals surface area contributed by atoms with E-state index in [4.69, 9.17) is 5.26 Å². The van der Waals surface area contributed by atoms with Gasteiger partial charge < -0.3 is 15.5 Å². The molecule has 0 atom stereocenters. The van der Waals surface area contributed by atoms with Crippen LogP contribution in [0.1, 0.15) is 34.3 Å². The van der Waals surface area contributed by atoms with E-state index in [1.807, 2.05) is 6.07 Å². The van der Waals surface area contributed by atoms with Crippen LogP contribution >= 0.6 is 0 Å². The number of carbonyl (C=O) groups excluding carboxylic acids is 2. The SMILES string of the molecule is N#Cc1ccc(C(=O)N2CCC(NC(=O)Nc3ccc(C(F)(F)F)cc3)CC2)cc1. The van der Waals surface area contributed by atoms with Gasteiger partial charge in [-0.05, 0) is 61.4 Å². The van der Waals surface area contributed by atoms with Crippen LogP contribution in [0.5, 0.6) is 0 Å². The first-order valence-electron chi connectivity index (χ1n) is 9.30. The molecule has 3 amide bonds. The molecule has 1 heterocycles. The van der Waals surface area contributed by atoms with Crippen LogP contribution in [0.2, 0.25) is 0 Å². The van der Waals surface area contributed by atoms with E-state index >= 15 is 0 Å². The summed E-state index contributed by atoms with van der Waals surface area (Å²) in [5, 5.41) is 14.1. The fourth-order valence-corrected chi connectivity index (χ4v) is 3.19. The monoisotopic (exact) mass is 416 g/mol. The van der Waals surface area contributed by atoms with Crippen molar-refractivity contribution in [3.05, 3.63) is 65.2 Å². The largest absolute Gasteiger partial charge is 0.416 e. The van der Waals surface area contributed by atoms with Crippen LogP contribution in [0, 0.1) is 11.3 Å². The summed E-state index contributed by atoms with van der Waals surface area (Å²) in [5.41, 5.74) is 0.454. The Balaban J connectivity index is 1.47. The Hall–Kier alpha value is -3.54. The molecule has 0 unspecified atom stereocenters. The van der Waals surface area contributed by atoms with Crippen molar-refractivity contribution < 1.29 is 22.8 Å². The fraction of sp³-hybridized carbons (Fsp3) is 0.286. The number of nitrogens with zero attached hydrogens (tertiary/aromatic N) is 2. The van der Waals surface area contributed by atoms with Gasteiger partial charge in [-0.15, -0.1) is 0 Å². The number of rotatable bonds is 3. The number of nitriles is 1. The third kappa shape index (κ3) is 5.29. The van der Waals surface area contributed by atoms with E-state index in [9.17, 15) is 22.8 Å². The second kappa shape index (κ2) is 8.86. The Labute approximate surface area is 171 Å². The van der Waals surface area contributed by atoms with Gasteiger partial charge in [0.2, 0.25) is 0 Å². The number of benzene rings is 2. The molecule has 9 heteroatoms. The Bertz CT molecular complexity index is 942. The third-order valence-electron chi connectivity index (χ3n) is 4.85. The number of urea groups is 1. The number of piperidine rings is 1. The molecule has 0 aromatic heterocycles. The molecule has 30 heavy (non-hydrogen) atoms. The zero-order chi connectivity index (χ0) is 21.7. The van der Waals surface area contributed by atoms with Crippen LogP contribution in [-0.4, -0.2) is 36.0 Å². The Morgan fingerprint density at radius 3 is 2.13 bits per heavy atom. The molecule has 1 aliphatic rings. The lowest BCUT2D eigenvalue weighted by molar-refractivity contribution is -0.137. The second-order valence-corrected chi connectivity index (χ2v) is 6.93. The summed E-state index contributed by atoms with van der Waals surface area (Å²) in [6, 6.07) is 12.0. The van der Waals surface area contributed by atoms with Crippen molar-refractivity contribution in [2.75, 3.05) is 18.4 Å². The molecule has 3 rings (SSSR count). The van der Waals surface area contributed by atoms with Crippen LogP contribution in [0.4, 0.5) is 23.7 Å². The van der Waals surface area contributed by atoms with Gasteiger partial charge in [-0.25, -0.2) is 4.79 Å². The van der Waals surface area contributed by atoms with Gasteiger partial charge in [0.15, 0.2) is 0 Å². The first-order chi connectivity index (χ1) is 14.3. The maximum absolute atomic E-state index is 12.6. The minimum Gasteiger partial charge on any atom is -0.338 e. The highest BCUT2D eigenvalue weighted by molar-refractivity contribution is 5.94. The minimum atomic E-state index is -4.43. The quantitative estimate of drug-likeness (QED) is 0.793. The highest BCUT2D eigenvalue weighted by atomic mass is 19.4. The number of hydrogen-bond donors (Lipinski definition) is 2. The van der Waals surface area contributed by atoms with Crippen LogP contribution in [0.25, 0.3) is 0 Å². The molecule has 2 aromatic carbocycles. The van der Waals surface area contributed by atoms with Crippen molar-refractivity contribution in [2.24, 2.45) is 0 Å². The van der Waals surface area contributed by atoms with Crippen LogP contribution in [0.15, 0.2) is 48.5 Å². The predicted octanol–water partition coefficient (Wildman–Crippen LogP) is 4.00. The van der Waals surface area contributed by atoms with Gasteiger partial charge in [-0.2, -0.15) is 18.4 Å². The smallest absolute Gasteiger partial charge is 0.338 e. The van der Waals surface area contributed by atoms with Crippen molar-refractivity contribution in [3.8, 4) is 6.07 Å². The summed E-state index contributed by atoms with van der Waals surface area (Å²) in [4.78, 5) is 26.3. The van der Waals surface area contributed by atoms with Gasteiger partial charge in [0.05, 0.1) is 17.2 Å². The number of carbonyl (C=O) groups is 2. The van der Waals surface area contributed by atoms with E-state index in [2.05, 4.69) is 10.6 Å². The molecular formula is C21H19F3N4O2. The molecule has 2 N–H and O–H groups in total. The van der Waals surface area contributed by atoms with E-state index in [1.165, 1.54) is 12.1 Å². The molecule has 156 valence electrons. The first kappa shape index (κ1) is 21.2. The predicted molar refractivity (Wildman–Crippen MR) is 104 cm³/mol. The van der Waals surface area contributed by atoms with Crippen LogP contribution in [0.3, 0.4) is 0 Å². The lowest BCUT2D eigenvalue weighted by Gasteiger charge is -2.32. The topological polar surface area (TPSA) is 85.2 Å². The molecule has 2 aromatic rings. The van der Waals surface area contributed by atoms with Crippen molar-refractivity contribution in [2.45, 2.75) is 25.1 Å². The summed E-state index contributed by atoms with van der Waals surface area (Å²) < 4.78 is 37.7. The summed E-state index contributed by atoms with van der Waals surface area (Å²) in [5.74, 6) is -0.132. The highest BCUT2D eigenvalue weighted by Gasteiger charge is 2.30. The van der Waals surface area contributed by atoms with Gasteiger partial charge in [0, 0.05) is 30.4 Å². The molecule has 0 radical (unpaired) electrons. The second-order valence-electron chi connectivity index (χ2n) is 6.93. The van der Waals surface area contributed by atoms with Crippen molar-refractivity contribution in [1.82, 2.24) is 10.2 Å². The van der Waals surface area contributed by atoms with Crippen molar-refractivity contribution in [3.63, 3.8) is 0 Å². The number of amides is 3. The highest BCUT2D eigenvalue weighted by Crippen LogP contribution is 2.29. The van der Waals surface area contributed by atoms with E-state index in [-0.39, 0.29) is 17.6 Å². The fourth-order valence-electron chi connectivity index (χ4n) is 3.19. The third-order valence-corrected chi connectivity index (χ3v) is 4.85. The standard InChI is InChI=1S/C21H19F3N4O2/c22-21(23,24)16-5-7-17(8-6-16)26-20(30)27-18-9-11-28(12-10-18)19(29)15-3-1-14(13-25)2-4-15/h1-8,18H,9-12H2,(H2,26,27,30). The van der Waals surface area contributed by atoms with Gasteiger partial charge in [-0.3, -0.25) is 4.79 Å². The zero-order valence-corrected chi connectivity index (χ0v) is 15.9. The molecule has 0 spiro atoms. The number of hydrogen-bond acceptors (Lipinski definition) is 3. The Morgan fingerprint density at radius 1 is 1.00 bits per heavy atom. The summed E-state index contributed by atoms with van der Waals surface area (Å²) >= 11 is 0. The molecule has 6 nitrogen and oxygen atoms in total. The maximum atomic E-state index is 12.6. The minimum absolute atomic E-state index is 0.132. The molecule has 0 bridgehead atoms. The van der Waals surface area contributed by atoms with Crippen LogP contribution in [-0.2, 0) is 6.18 Å². The van der Waals surface area contributed by atoms with Crippen LogP contribution < -0.4 is 10.6 Å². The van der Waals surface area contributed by atoms with Gasteiger partial charge >= 0.3 is 12.2 Å². The van der Waals surface area contributed by atoms with E-state index in [0.717, 1.165) is 12.1 Å². The maximum Gasteiger partial charge on any atom is 0.416 e. The Kier molecular flexibility index (Phi) is 6.26. The zero-order valence-electron chi connectivity index (χ0n) is 15.9. The number of likely N-dealkylation sites (tertiary alicyclic amines) is 1. The van der Waals surface area contributed by atoms with Gasteiger partial charge in [0.1, 0.15) is 0 Å². The van der Waals surface area contributed by atoms with Crippen molar-refractivity contribution in [1.29, 1.82) is 5.26 Å². The average molecular weight is 416 g/mol. The summed E-state index contributed by atoms with van der Waals surface area (Å²) in [6.07, 6.45) is -3.31.